The second-order valence-corrected chi connectivity index (χ2v) is 3.15. The number of hydrogen-bond donors (Lipinski definition) is 2. The van der Waals surface area contributed by atoms with E-state index in [0.29, 0.717) is 6.42 Å². The molecule has 1 rings (SSSR count). The molecule has 0 unspecified atom stereocenters. The van der Waals surface area contributed by atoms with E-state index in [-0.39, 0.29) is 5.56 Å². The van der Waals surface area contributed by atoms with Crippen LogP contribution in [0.5, 0.6) is 0 Å². The van der Waals surface area contributed by atoms with Crippen LogP contribution in [0.25, 0.3) is 0 Å². The smallest absolute Gasteiger partial charge is 0.132 e. The Balaban J connectivity index is 3.05. The number of benzene rings is 1. The van der Waals surface area contributed by atoms with Crippen molar-refractivity contribution in [3.8, 4) is 0 Å². The molecular weight excluding hydrogens is 188 g/mol. The highest BCUT2D eigenvalue weighted by atomic mass is 19.1. The number of aliphatic hydroxyl groups is 1. The predicted octanol–water partition coefficient (Wildman–Crippen LogP) is 1.74. The van der Waals surface area contributed by atoms with Gasteiger partial charge in [-0.25, -0.2) is 8.78 Å². The van der Waals surface area contributed by atoms with E-state index in [1.54, 1.807) is 6.92 Å². The van der Waals surface area contributed by atoms with E-state index < -0.39 is 23.8 Å². The minimum atomic E-state index is -1.29. The Bertz CT molecular complexity index is 297. The second-order valence-electron chi connectivity index (χ2n) is 3.15. The molecule has 0 aliphatic rings. The lowest BCUT2D eigenvalue weighted by molar-refractivity contribution is 0.135. The number of halogens is 2. The lowest BCUT2D eigenvalue weighted by atomic mass is 10.00. The average molecular weight is 201 g/mol. The van der Waals surface area contributed by atoms with Gasteiger partial charge in [0, 0.05) is 6.04 Å². The van der Waals surface area contributed by atoms with Gasteiger partial charge in [-0.2, -0.15) is 0 Å². The van der Waals surface area contributed by atoms with Crippen LogP contribution in [0, 0.1) is 11.6 Å². The molecule has 0 radical (unpaired) electrons. The van der Waals surface area contributed by atoms with E-state index >= 15 is 0 Å². The summed E-state index contributed by atoms with van der Waals surface area (Å²) in [5.74, 6) is -1.53. The largest absolute Gasteiger partial charge is 0.387 e. The van der Waals surface area contributed by atoms with E-state index in [4.69, 9.17) is 5.73 Å². The first kappa shape index (κ1) is 11.1. The van der Waals surface area contributed by atoms with Gasteiger partial charge in [-0.15, -0.1) is 0 Å². The molecule has 0 aromatic heterocycles. The fourth-order valence-corrected chi connectivity index (χ4v) is 1.23. The molecule has 14 heavy (non-hydrogen) atoms. The van der Waals surface area contributed by atoms with Crippen molar-refractivity contribution >= 4 is 0 Å². The van der Waals surface area contributed by atoms with Crippen molar-refractivity contribution in [3.63, 3.8) is 0 Å². The van der Waals surface area contributed by atoms with Crippen molar-refractivity contribution in [1.82, 2.24) is 0 Å². The number of rotatable bonds is 3. The highest BCUT2D eigenvalue weighted by Crippen LogP contribution is 2.23. The van der Waals surface area contributed by atoms with Gasteiger partial charge in [0.1, 0.15) is 11.6 Å². The SMILES string of the molecule is CC[C@@H](N)[C@H](O)c1c(F)cccc1F. The summed E-state index contributed by atoms with van der Waals surface area (Å²) < 4.78 is 26.3. The molecule has 0 bridgehead atoms. The lowest BCUT2D eigenvalue weighted by Crippen LogP contribution is -2.28. The van der Waals surface area contributed by atoms with Gasteiger partial charge in [-0.05, 0) is 18.6 Å². The van der Waals surface area contributed by atoms with Crippen LogP contribution >= 0.6 is 0 Å². The summed E-state index contributed by atoms with van der Waals surface area (Å²) in [6.07, 6.45) is -0.837. The third-order valence-corrected chi connectivity index (χ3v) is 2.17. The predicted molar refractivity (Wildman–Crippen MR) is 49.6 cm³/mol. The molecule has 2 atom stereocenters. The highest BCUT2D eigenvalue weighted by molar-refractivity contribution is 5.23. The Morgan fingerprint density at radius 2 is 1.86 bits per heavy atom. The van der Waals surface area contributed by atoms with Gasteiger partial charge in [-0.3, -0.25) is 0 Å². The molecule has 0 spiro atoms. The van der Waals surface area contributed by atoms with Crippen LogP contribution in [0.4, 0.5) is 8.78 Å². The zero-order valence-corrected chi connectivity index (χ0v) is 7.87. The van der Waals surface area contributed by atoms with Gasteiger partial charge < -0.3 is 10.8 Å². The zero-order chi connectivity index (χ0) is 10.7. The lowest BCUT2D eigenvalue weighted by Gasteiger charge is -2.18. The highest BCUT2D eigenvalue weighted by Gasteiger charge is 2.22. The maximum Gasteiger partial charge on any atom is 0.132 e. The molecule has 0 aliphatic carbocycles. The summed E-state index contributed by atoms with van der Waals surface area (Å²) in [6.45, 7) is 1.74. The van der Waals surface area contributed by atoms with Crippen LogP contribution in [0.1, 0.15) is 25.0 Å². The molecule has 0 aliphatic heterocycles. The van der Waals surface area contributed by atoms with Crippen molar-refractivity contribution in [1.29, 1.82) is 0 Å². The average Bonchev–Trinajstić information content (AvgIpc) is 2.16. The monoisotopic (exact) mass is 201 g/mol. The maximum atomic E-state index is 13.1. The minimum Gasteiger partial charge on any atom is -0.387 e. The van der Waals surface area contributed by atoms with E-state index in [1.165, 1.54) is 6.07 Å². The molecule has 2 nitrogen and oxygen atoms in total. The number of aliphatic hydroxyl groups excluding tert-OH is 1. The minimum absolute atomic E-state index is 0.346. The molecular formula is C10H13F2NO. The number of hydrogen-bond acceptors (Lipinski definition) is 2. The van der Waals surface area contributed by atoms with E-state index in [0.717, 1.165) is 12.1 Å². The first-order valence-corrected chi connectivity index (χ1v) is 4.45. The molecule has 4 heteroatoms. The molecule has 1 aromatic carbocycles. The second kappa shape index (κ2) is 4.48. The van der Waals surface area contributed by atoms with Gasteiger partial charge in [-0.1, -0.05) is 13.0 Å². The summed E-state index contributed by atoms with van der Waals surface area (Å²) in [6, 6.07) is 2.80. The van der Waals surface area contributed by atoms with Crippen molar-refractivity contribution in [3.05, 3.63) is 35.4 Å². The van der Waals surface area contributed by atoms with Crippen LogP contribution in [-0.4, -0.2) is 11.1 Å². The van der Waals surface area contributed by atoms with Crippen LogP contribution < -0.4 is 5.73 Å². The first-order valence-electron chi connectivity index (χ1n) is 4.45. The Hall–Kier alpha value is -1.00. The third kappa shape index (κ3) is 2.08. The third-order valence-electron chi connectivity index (χ3n) is 2.17. The van der Waals surface area contributed by atoms with Gasteiger partial charge in [0.05, 0.1) is 11.7 Å². The standard InChI is InChI=1S/C10H13F2NO/c1-2-8(13)10(14)9-6(11)4-3-5-7(9)12/h3-5,8,10,14H,2,13H2,1H3/t8-,10+/m1/s1. The number of nitrogens with two attached hydrogens (primary N) is 1. The van der Waals surface area contributed by atoms with E-state index in [2.05, 4.69) is 0 Å². The fourth-order valence-electron chi connectivity index (χ4n) is 1.23. The van der Waals surface area contributed by atoms with Gasteiger partial charge in [0.2, 0.25) is 0 Å². The van der Waals surface area contributed by atoms with Crippen molar-refractivity contribution in [2.75, 3.05) is 0 Å². The molecule has 0 saturated heterocycles. The van der Waals surface area contributed by atoms with E-state index in [1.807, 2.05) is 0 Å². The van der Waals surface area contributed by atoms with Crippen LogP contribution in [0.15, 0.2) is 18.2 Å². The Kier molecular flexibility index (Phi) is 3.55. The van der Waals surface area contributed by atoms with Crippen LogP contribution in [0.2, 0.25) is 0 Å². The molecule has 1 aromatic rings. The van der Waals surface area contributed by atoms with Crippen LogP contribution in [0.3, 0.4) is 0 Å². The fraction of sp³-hybridized carbons (Fsp3) is 0.400. The maximum absolute atomic E-state index is 13.1. The van der Waals surface area contributed by atoms with Gasteiger partial charge >= 0.3 is 0 Å². The molecule has 3 N–H and O–H groups in total. The summed E-state index contributed by atoms with van der Waals surface area (Å²) >= 11 is 0. The van der Waals surface area contributed by atoms with Crippen molar-refractivity contribution in [2.24, 2.45) is 5.73 Å². The summed E-state index contributed by atoms with van der Waals surface area (Å²) in [5, 5.41) is 9.55. The molecule has 0 saturated carbocycles. The Morgan fingerprint density at radius 1 is 1.36 bits per heavy atom. The first-order chi connectivity index (χ1) is 6.57. The summed E-state index contributed by atoms with van der Waals surface area (Å²) in [5.41, 5.74) is 5.16. The van der Waals surface area contributed by atoms with Crippen LogP contribution in [-0.2, 0) is 0 Å². The normalized spacial score (nSPS) is 15.2. The molecule has 0 heterocycles. The Labute approximate surface area is 81.4 Å². The van der Waals surface area contributed by atoms with Crippen molar-refractivity contribution in [2.45, 2.75) is 25.5 Å². The summed E-state index contributed by atoms with van der Waals surface area (Å²) in [4.78, 5) is 0. The molecule has 78 valence electrons. The Morgan fingerprint density at radius 3 is 2.29 bits per heavy atom. The van der Waals surface area contributed by atoms with Gasteiger partial charge in [0.15, 0.2) is 0 Å². The quantitative estimate of drug-likeness (QED) is 0.782. The molecule has 0 amide bonds. The van der Waals surface area contributed by atoms with E-state index in [9.17, 15) is 13.9 Å². The van der Waals surface area contributed by atoms with Crippen molar-refractivity contribution < 1.29 is 13.9 Å². The summed E-state index contributed by atoms with van der Waals surface area (Å²) in [7, 11) is 0. The molecule has 0 fully saturated rings. The zero-order valence-electron chi connectivity index (χ0n) is 7.87. The van der Waals surface area contributed by atoms with Gasteiger partial charge in [0.25, 0.3) is 0 Å². The topological polar surface area (TPSA) is 46.2 Å².